The van der Waals surface area contributed by atoms with E-state index in [2.05, 4.69) is 33.6 Å². The zero-order valence-corrected chi connectivity index (χ0v) is 10.3. The molecule has 2 heteroatoms. The molecule has 1 N–H and O–H groups in total. The van der Waals surface area contributed by atoms with Crippen molar-refractivity contribution in [2.75, 3.05) is 0 Å². The quantitative estimate of drug-likeness (QED) is 0.560. The van der Waals surface area contributed by atoms with Crippen molar-refractivity contribution >= 4 is 5.97 Å². The van der Waals surface area contributed by atoms with E-state index in [-0.39, 0.29) is 6.42 Å². The Kier molecular flexibility index (Phi) is 23.8. The number of hydrogen-bond acceptors (Lipinski definition) is 1. The van der Waals surface area contributed by atoms with Gasteiger partial charge in [0.1, 0.15) is 0 Å². The highest BCUT2D eigenvalue weighted by atomic mass is 16.4. The molecule has 0 aliphatic carbocycles. The summed E-state index contributed by atoms with van der Waals surface area (Å²) in [6.07, 6.45) is 5.57. The van der Waals surface area contributed by atoms with Crippen molar-refractivity contribution in [1.29, 1.82) is 0 Å². The normalized spacial score (nSPS) is 8.87. The van der Waals surface area contributed by atoms with Gasteiger partial charge in [0, 0.05) is 6.42 Å². The third-order valence-corrected chi connectivity index (χ3v) is 1.26. The van der Waals surface area contributed by atoms with Gasteiger partial charge < -0.3 is 5.11 Å². The maximum absolute atomic E-state index is 10.1. The van der Waals surface area contributed by atoms with Crippen LogP contribution in [0.4, 0.5) is 0 Å². The summed E-state index contributed by atoms with van der Waals surface area (Å²) in [7, 11) is 0. The third-order valence-electron chi connectivity index (χ3n) is 1.26. The molecule has 0 heterocycles. The van der Waals surface area contributed by atoms with Crippen molar-refractivity contribution in [3.05, 3.63) is 37.5 Å². The number of aliphatic carboxylic acids is 1. The van der Waals surface area contributed by atoms with E-state index in [1.165, 1.54) is 6.42 Å². The fourth-order valence-electron chi connectivity index (χ4n) is 0.616. The van der Waals surface area contributed by atoms with E-state index in [4.69, 9.17) is 5.11 Å². The van der Waals surface area contributed by atoms with E-state index >= 15 is 0 Å². The number of rotatable bonds is 4. The Hall–Kier alpha value is -1.31. The van der Waals surface area contributed by atoms with Gasteiger partial charge in [-0.05, 0) is 13.3 Å². The van der Waals surface area contributed by atoms with Gasteiger partial charge in [-0.3, -0.25) is 4.79 Å². The van der Waals surface area contributed by atoms with Crippen LogP contribution in [0.1, 0.15) is 40.0 Å². The summed E-state index contributed by atoms with van der Waals surface area (Å²) in [5.41, 5.74) is 0.988. The van der Waals surface area contributed by atoms with Crippen LogP contribution in [0.25, 0.3) is 0 Å². The molecule has 0 aromatic heterocycles. The molecule has 0 bridgehead atoms. The molecule has 0 amide bonds. The fourth-order valence-corrected chi connectivity index (χ4v) is 0.616. The molecule has 0 aromatic carbocycles. The highest BCUT2D eigenvalue weighted by Gasteiger charge is 1.96. The minimum atomic E-state index is -0.763. The lowest BCUT2D eigenvalue weighted by molar-refractivity contribution is -0.136. The van der Waals surface area contributed by atoms with Crippen LogP contribution in [-0.4, -0.2) is 11.1 Å². The molecule has 0 atom stereocenters. The molecule has 0 aliphatic rings. The Morgan fingerprint density at radius 2 is 1.67 bits per heavy atom. The molecular formula is C13H24O2. The van der Waals surface area contributed by atoms with Gasteiger partial charge in [-0.1, -0.05) is 44.6 Å². The summed E-state index contributed by atoms with van der Waals surface area (Å²) in [5, 5.41) is 8.29. The van der Waals surface area contributed by atoms with Gasteiger partial charge in [-0.2, -0.15) is 0 Å². The second-order valence-corrected chi connectivity index (χ2v) is 2.67. The zero-order chi connectivity index (χ0) is 12.7. The largest absolute Gasteiger partial charge is 0.481 e. The van der Waals surface area contributed by atoms with E-state index in [1.807, 2.05) is 13.0 Å². The third kappa shape index (κ3) is 24.5. The first-order chi connectivity index (χ1) is 7.12. The molecule has 0 saturated carbocycles. The van der Waals surface area contributed by atoms with Crippen LogP contribution in [-0.2, 0) is 4.79 Å². The monoisotopic (exact) mass is 212 g/mol. The van der Waals surface area contributed by atoms with E-state index in [0.717, 1.165) is 5.57 Å². The lowest BCUT2D eigenvalue weighted by Gasteiger charge is -1.95. The summed E-state index contributed by atoms with van der Waals surface area (Å²) in [4.78, 5) is 10.1. The lowest BCUT2D eigenvalue weighted by Crippen LogP contribution is -1.94. The minimum Gasteiger partial charge on any atom is -0.481 e. The summed E-state index contributed by atoms with van der Waals surface area (Å²) >= 11 is 0. The Bertz CT molecular complexity index is 181. The van der Waals surface area contributed by atoms with Crippen LogP contribution >= 0.6 is 0 Å². The predicted octanol–water partition coefficient (Wildman–Crippen LogP) is 4.20. The first-order valence-corrected chi connectivity index (χ1v) is 5.11. The van der Waals surface area contributed by atoms with Crippen molar-refractivity contribution in [2.45, 2.75) is 40.0 Å². The molecule has 2 nitrogen and oxygen atoms in total. The van der Waals surface area contributed by atoms with Gasteiger partial charge >= 0.3 is 5.97 Å². The Balaban J connectivity index is -0.000000245. The second kappa shape index (κ2) is 18.5. The van der Waals surface area contributed by atoms with Crippen molar-refractivity contribution in [3.8, 4) is 0 Å². The van der Waals surface area contributed by atoms with Crippen LogP contribution in [0, 0.1) is 0 Å². The van der Waals surface area contributed by atoms with Crippen LogP contribution < -0.4 is 0 Å². The van der Waals surface area contributed by atoms with Crippen LogP contribution in [0.3, 0.4) is 0 Å². The van der Waals surface area contributed by atoms with Gasteiger partial charge in [0.05, 0.1) is 0 Å². The SMILES string of the molecule is C=C.C=C/C(=C\C)CCC(=O)O.CCC. The maximum atomic E-state index is 10.1. The minimum absolute atomic E-state index is 0.186. The van der Waals surface area contributed by atoms with Crippen LogP contribution in [0.15, 0.2) is 37.5 Å². The second-order valence-electron chi connectivity index (χ2n) is 2.67. The van der Waals surface area contributed by atoms with Gasteiger partial charge in [-0.15, -0.1) is 13.2 Å². The Morgan fingerprint density at radius 1 is 1.27 bits per heavy atom. The number of carboxylic acid groups (broad SMARTS) is 1. The zero-order valence-electron chi connectivity index (χ0n) is 10.3. The molecule has 0 rings (SSSR count). The van der Waals surface area contributed by atoms with Gasteiger partial charge in [0.25, 0.3) is 0 Å². The summed E-state index contributed by atoms with van der Waals surface area (Å²) in [6.45, 7) is 15.7. The average molecular weight is 212 g/mol. The first-order valence-electron chi connectivity index (χ1n) is 5.11. The van der Waals surface area contributed by atoms with Crippen molar-refractivity contribution in [2.24, 2.45) is 0 Å². The number of hydrogen-bond donors (Lipinski definition) is 1. The molecular weight excluding hydrogens is 188 g/mol. The molecule has 0 spiro atoms. The molecule has 0 unspecified atom stereocenters. The Labute approximate surface area is 94.0 Å². The fraction of sp³-hybridized carbons (Fsp3) is 0.462. The first kappa shape index (κ1) is 19.3. The molecule has 0 fully saturated rings. The highest BCUT2D eigenvalue weighted by molar-refractivity contribution is 5.67. The van der Waals surface area contributed by atoms with Crippen LogP contribution in [0.5, 0.6) is 0 Å². The summed E-state index contributed by atoms with van der Waals surface area (Å²) in [6, 6.07) is 0. The molecule has 0 saturated heterocycles. The number of carboxylic acids is 1. The lowest BCUT2D eigenvalue weighted by atomic mass is 10.1. The molecule has 88 valence electrons. The number of allylic oxidation sites excluding steroid dienone is 3. The highest BCUT2D eigenvalue weighted by Crippen LogP contribution is 2.04. The van der Waals surface area contributed by atoms with Crippen molar-refractivity contribution in [3.63, 3.8) is 0 Å². The van der Waals surface area contributed by atoms with Crippen molar-refractivity contribution < 1.29 is 9.90 Å². The van der Waals surface area contributed by atoms with Crippen molar-refractivity contribution in [1.82, 2.24) is 0 Å². The van der Waals surface area contributed by atoms with Gasteiger partial charge in [0.15, 0.2) is 0 Å². The molecule has 0 aliphatic heterocycles. The number of carbonyl (C=O) groups is 1. The predicted molar refractivity (Wildman–Crippen MR) is 68.0 cm³/mol. The smallest absolute Gasteiger partial charge is 0.303 e. The topological polar surface area (TPSA) is 37.3 Å². The maximum Gasteiger partial charge on any atom is 0.303 e. The van der Waals surface area contributed by atoms with Gasteiger partial charge in [-0.25, -0.2) is 0 Å². The van der Waals surface area contributed by atoms with Gasteiger partial charge in [0.2, 0.25) is 0 Å². The molecule has 0 aromatic rings. The van der Waals surface area contributed by atoms with E-state index in [9.17, 15) is 4.79 Å². The Morgan fingerprint density at radius 3 is 1.87 bits per heavy atom. The summed E-state index contributed by atoms with van der Waals surface area (Å²) in [5.74, 6) is -0.763. The molecule has 0 radical (unpaired) electrons. The van der Waals surface area contributed by atoms with Crippen LogP contribution in [0.2, 0.25) is 0 Å². The molecule has 15 heavy (non-hydrogen) atoms. The summed E-state index contributed by atoms with van der Waals surface area (Å²) < 4.78 is 0. The standard InChI is InChI=1S/C8H12O2.C3H8.C2H4/c1-3-7(4-2)5-6-8(9)10;1-3-2;1-2/h3-4H,1,5-6H2,2H3,(H,9,10);3H2,1-2H3;1-2H2/b7-4+;;. The van der Waals surface area contributed by atoms with E-state index in [1.54, 1.807) is 6.08 Å². The van der Waals surface area contributed by atoms with E-state index in [0.29, 0.717) is 6.42 Å². The average Bonchev–Trinajstić information content (AvgIpc) is 2.23. The van der Waals surface area contributed by atoms with E-state index < -0.39 is 5.97 Å².